The summed E-state index contributed by atoms with van der Waals surface area (Å²) < 4.78 is 39.4. The fraction of sp³-hybridized carbons (Fsp3) is 0.368. The quantitative estimate of drug-likeness (QED) is 0.583. The Kier molecular flexibility index (Phi) is 5.76. The molecule has 27 heavy (non-hydrogen) atoms. The molecule has 1 fully saturated rings. The number of hydrogen-bond donors (Lipinski definition) is 0. The van der Waals surface area contributed by atoms with E-state index < -0.39 is 16.7 Å². The fourth-order valence-electron chi connectivity index (χ4n) is 3.31. The van der Waals surface area contributed by atoms with Crippen LogP contribution >= 0.6 is 0 Å². The number of non-ortho nitro benzene ring substituents is 1. The van der Waals surface area contributed by atoms with Crippen LogP contribution in [0.25, 0.3) is 0 Å². The van der Waals surface area contributed by atoms with Gasteiger partial charge in [0, 0.05) is 51.4 Å². The lowest BCUT2D eigenvalue weighted by Crippen LogP contribution is -2.45. The first-order valence-electron chi connectivity index (χ1n) is 8.66. The lowest BCUT2D eigenvalue weighted by molar-refractivity contribution is -0.384. The first kappa shape index (κ1) is 19.3. The minimum Gasteiger partial charge on any atom is -0.297 e. The van der Waals surface area contributed by atoms with Gasteiger partial charge in [-0.1, -0.05) is 30.3 Å². The molecule has 0 bridgehead atoms. The standard InChI is InChI=1S/C19H20F3N3O2/c20-19(21,22)18-7-2-1-5-16(18)14-24-10-8-23(9-11-24)13-15-4-3-6-17(12-15)25(26)27/h1-7,12H,8-11,13-14H2. The van der Waals surface area contributed by atoms with Crippen molar-refractivity contribution in [2.24, 2.45) is 0 Å². The van der Waals surface area contributed by atoms with E-state index in [0.29, 0.717) is 32.7 Å². The molecule has 0 radical (unpaired) electrons. The lowest BCUT2D eigenvalue weighted by atomic mass is 10.1. The van der Waals surface area contributed by atoms with Gasteiger partial charge in [-0.05, 0) is 17.2 Å². The van der Waals surface area contributed by atoms with Crippen LogP contribution in [0.15, 0.2) is 48.5 Å². The number of hydrogen-bond acceptors (Lipinski definition) is 4. The molecule has 1 aliphatic heterocycles. The Balaban J connectivity index is 1.57. The van der Waals surface area contributed by atoms with Crippen molar-refractivity contribution in [3.63, 3.8) is 0 Å². The molecular weight excluding hydrogens is 359 g/mol. The van der Waals surface area contributed by atoms with Crippen molar-refractivity contribution in [1.82, 2.24) is 9.80 Å². The van der Waals surface area contributed by atoms with Gasteiger partial charge in [0.1, 0.15) is 0 Å². The van der Waals surface area contributed by atoms with Crippen molar-refractivity contribution in [2.75, 3.05) is 26.2 Å². The van der Waals surface area contributed by atoms with E-state index in [4.69, 9.17) is 0 Å². The van der Waals surface area contributed by atoms with E-state index in [1.807, 2.05) is 11.0 Å². The summed E-state index contributed by atoms with van der Waals surface area (Å²) in [7, 11) is 0. The zero-order valence-corrected chi connectivity index (χ0v) is 14.7. The minimum absolute atomic E-state index is 0.0647. The molecule has 1 aliphatic rings. The fourth-order valence-corrected chi connectivity index (χ4v) is 3.31. The second-order valence-corrected chi connectivity index (χ2v) is 6.63. The number of halogens is 3. The van der Waals surface area contributed by atoms with Gasteiger partial charge >= 0.3 is 6.18 Å². The number of nitrogens with zero attached hydrogens (tertiary/aromatic N) is 3. The SMILES string of the molecule is O=[N+]([O-])c1cccc(CN2CCN(Cc3ccccc3C(F)(F)F)CC2)c1. The van der Waals surface area contributed by atoms with Gasteiger partial charge in [0.15, 0.2) is 0 Å². The number of piperazine rings is 1. The van der Waals surface area contributed by atoms with Gasteiger partial charge < -0.3 is 0 Å². The number of benzene rings is 2. The highest BCUT2D eigenvalue weighted by Crippen LogP contribution is 2.32. The highest BCUT2D eigenvalue weighted by molar-refractivity contribution is 5.34. The van der Waals surface area contributed by atoms with Crippen LogP contribution in [-0.2, 0) is 19.3 Å². The molecule has 0 aromatic heterocycles. The van der Waals surface area contributed by atoms with Gasteiger partial charge in [-0.3, -0.25) is 19.9 Å². The van der Waals surface area contributed by atoms with Gasteiger partial charge in [-0.2, -0.15) is 13.2 Å². The molecule has 2 aromatic rings. The lowest BCUT2D eigenvalue weighted by Gasteiger charge is -2.35. The summed E-state index contributed by atoms with van der Waals surface area (Å²) in [6.45, 7) is 3.57. The normalized spacial score (nSPS) is 16.4. The first-order chi connectivity index (χ1) is 12.8. The summed E-state index contributed by atoms with van der Waals surface area (Å²) in [4.78, 5) is 14.6. The zero-order chi connectivity index (χ0) is 19.4. The van der Waals surface area contributed by atoms with Crippen LogP contribution in [0.4, 0.5) is 18.9 Å². The summed E-state index contributed by atoms with van der Waals surface area (Å²) >= 11 is 0. The van der Waals surface area contributed by atoms with Crippen LogP contribution in [-0.4, -0.2) is 40.9 Å². The van der Waals surface area contributed by atoms with Crippen molar-refractivity contribution >= 4 is 5.69 Å². The molecule has 1 saturated heterocycles. The first-order valence-corrected chi connectivity index (χ1v) is 8.66. The Bertz CT molecular complexity index is 803. The Morgan fingerprint density at radius 2 is 1.56 bits per heavy atom. The molecule has 144 valence electrons. The molecule has 0 aliphatic carbocycles. The summed E-state index contributed by atoms with van der Waals surface area (Å²) in [6.07, 6.45) is -4.35. The average Bonchev–Trinajstić information content (AvgIpc) is 2.63. The molecule has 8 heteroatoms. The van der Waals surface area contributed by atoms with E-state index >= 15 is 0 Å². The molecule has 0 N–H and O–H groups in total. The van der Waals surface area contributed by atoms with E-state index in [-0.39, 0.29) is 17.8 Å². The molecule has 0 spiro atoms. The van der Waals surface area contributed by atoms with Gasteiger partial charge in [0.2, 0.25) is 0 Å². The van der Waals surface area contributed by atoms with Crippen LogP contribution in [0.2, 0.25) is 0 Å². The van der Waals surface area contributed by atoms with Crippen LogP contribution < -0.4 is 0 Å². The van der Waals surface area contributed by atoms with Crippen LogP contribution in [0.3, 0.4) is 0 Å². The molecule has 0 atom stereocenters. The van der Waals surface area contributed by atoms with Crippen molar-refractivity contribution < 1.29 is 18.1 Å². The largest absolute Gasteiger partial charge is 0.416 e. The maximum Gasteiger partial charge on any atom is 0.416 e. The number of nitro benzene ring substituents is 1. The summed E-state index contributed by atoms with van der Waals surface area (Å²) in [5.41, 5.74) is 0.635. The second-order valence-electron chi connectivity index (χ2n) is 6.63. The van der Waals surface area contributed by atoms with E-state index in [1.54, 1.807) is 18.2 Å². The summed E-state index contributed by atoms with van der Waals surface area (Å²) in [5.74, 6) is 0. The van der Waals surface area contributed by atoms with E-state index in [0.717, 1.165) is 11.6 Å². The molecule has 5 nitrogen and oxygen atoms in total. The summed E-state index contributed by atoms with van der Waals surface area (Å²) in [6, 6.07) is 12.2. The Hall–Kier alpha value is -2.45. The highest BCUT2D eigenvalue weighted by atomic mass is 19.4. The third-order valence-corrected chi connectivity index (χ3v) is 4.71. The topological polar surface area (TPSA) is 49.6 Å². The molecule has 2 aromatic carbocycles. The number of nitro groups is 1. The van der Waals surface area contributed by atoms with Crippen LogP contribution in [0.1, 0.15) is 16.7 Å². The maximum absolute atomic E-state index is 13.1. The Morgan fingerprint density at radius 3 is 2.19 bits per heavy atom. The maximum atomic E-state index is 13.1. The van der Waals surface area contributed by atoms with E-state index in [1.165, 1.54) is 18.2 Å². The highest BCUT2D eigenvalue weighted by Gasteiger charge is 2.33. The van der Waals surface area contributed by atoms with Crippen LogP contribution in [0, 0.1) is 10.1 Å². The van der Waals surface area contributed by atoms with Gasteiger partial charge in [-0.15, -0.1) is 0 Å². The van der Waals surface area contributed by atoms with Crippen molar-refractivity contribution in [3.8, 4) is 0 Å². The second kappa shape index (κ2) is 8.06. The van der Waals surface area contributed by atoms with Crippen molar-refractivity contribution in [3.05, 3.63) is 75.3 Å². The third-order valence-electron chi connectivity index (χ3n) is 4.71. The molecule has 0 unspecified atom stereocenters. The van der Waals surface area contributed by atoms with E-state index in [9.17, 15) is 23.3 Å². The zero-order valence-electron chi connectivity index (χ0n) is 14.7. The van der Waals surface area contributed by atoms with Gasteiger partial charge in [0.05, 0.1) is 10.5 Å². The smallest absolute Gasteiger partial charge is 0.297 e. The number of rotatable bonds is 5. The van der Waals surface area contributed by atoms with Gasteiger partial charge in [0.25, 0.3) is 5.69 Å². The van der Waals surface area contributed by atoms with Gasteiger partial charge in [-0.25, -0.2) is 0 Å². The molecular formula is C19H20F3N3O2. The molecule has 0 saturated carbocycles. The Morgan fingerprint density at radius 1 is 0.926 bits per heavy atom. The third kappa shape index (κ3) is 5.05. The summed E-state index contributed by atoms with van der Waals surface area (Å²) in [5, 5.41) is 10.9. The predicted octanol–water partition coefficient (Wildman–Crippen LogP) is 3.93. The molecule has 1 heterocycles. The van der Waals surface area contributed by atoms with Crippen LogP contribution in [0.5, 0.6) is 0 Å². The molecule has 0 amide bonds. The molecule has 3 rings (SSSR count). The predicted molar refractivity (Wildman–Crippen MR) is 95.1 cm³/mol. The van der Waals surface area contributed by atoms with Crippen molar-refractivity contribution in [2.45, 2.75) is 19.3 Å². The Labute approximate surface area is 155 Å². The van der Waals surface area contributed by atoms with Crippen molar-refractivity contribution in [1.29, 1.82) is 0 Å². The van der Waals surface area contributed by atoms with E-state index in [2.05, 4.69) is 4.90 Å². The monoisotopic (exact) mass is 379 g/mol. The minimum atomic E-state index is -4.35. The average molecular weight is 379 g/mol. The number of alkyl halides is 3.